The number of pyridine rings is 1. The van der Waals surface area contributed by atoms with Crippen molar-refractivity contribution in [1.82, 2.24) is 9.88 Å². The van der Waals surface area contributed by atoms with Crippen molar-refractivity contribution in [3.05, 3.63) is 57.8 Å². The van der Waals surface area contributed by atoms with Crippen molar-refractivity contribution in [2.45, 2.75) is 13.5 Å². The lowest BCUT2D eigenvalue weighted by Crippen LogP contribution is -2.33. The standard InChI is InChI=1S/C20H23N3O2S/c1-14-8-9-15(26-14)13-23(10-11-24)20(25)17-12-19(22(2)3)21-18-7-5-4-6-16(17)18/h4-9,12,24H,10-11,13H2,1-3H3. The van der Waals surface area contributed by atoms with Crippen LogP contribution in [0.4, 0.5) is 5.82 Å². The Hall–Kier alpha value is -2.44. The number of aliphatic hydroxyl groups excluding tert-OH is 1. The second kappa shape index (κ2) is 7.85. The fourth-order valence-electron chi connectivity index (χ4n) is 2.87. The number of aromatic nitrogens is 1. The second-order valence-corrected chi connectivity index (χ2v) is 7.77. The normalized spacial score (nSPS) is 10.9. The first-order valence-corrected chi connectivity index (χ1v) is 9.34. The van der Waals surface area contributed by atoms with Crippen molar-refractivity contribution in [3.8, 4) is 0 Å². The average Bonchev–Trinajstić information content (AvgIpc) is 3.04. The summed E-state index contributed by atoms with van der Waals surface area (Å²) in [5.74, 6) is 0.648. The van der Waals surface area contributed by atoms with Crippen molar-refractivity contribution in [2.75, 3.05) is 32.1 Å². The van der Waals surface area contributed by atoms with Gasteiger partial charge in [-0.1, -0.05) is 18.2 Å². The van der Waals surface area contributed by atoms with E-state index < -0.39 is 0 Å². The van der Waals surface area contributed by atoms with Crippen molar-refractivity contribution in [2.24, 2.45) is 0 Å². The number of fused-ring (bicyclic) bond motifs is 1. The molecule has 0 aliphatic heterocycles. The third kappa shape index (κ3) is 3.86. The van der Waals surface area contributed by atoms with E-state index in [1.54, 1.807) is 16.2 Å². The van der Waals surface area contributed by atoms with Gasteiger partial charge in [-0.05, 0) is 31.2 Å². The molecule has 3 aromatic rings. The molecule has 26 heavy (non-hydrogen) atoms. The first-order chi connectivity index (χ1) is 12.5. The van der Waals surface area contributed by atoms with Crippen LogP contribution in [-0.4, -0.2) is 48.1 Å². The number of aliphatic hydroxyl groups is 1. The summed E-state index contributed by atoms with van der Waals surface area (Å²) in [6.07, 6.45) is 0. The summed E-state index contributed by atoms with van der Waals surface area (Å²) in [5, 5.41) is 10.3. The molecule has 1 amide bonds. The van der Waals surface area contributed by atoms with Crippen LogP contribution in [0.1, 0.15) is 20.1 Å². The molecule has 1 N–H and O–H groups in total. The number of thiophene rings is 1. The van der Waals surface area contributed by atoms with Crippen LogP contribution in [0.5, 0.6) is 0 Å². The molecule has 136 valence electrons. The molecule has 1 aromatic carbocycles. The molecule has 0 aliphatic carbocycles. The molecule has 0 radical (unpaired) electrons. The summed E-state index contributed by atoms with van der Waals surface area (Å²) in [6.45, 7) is 2.77. The Morgan fingerprint density at radius 1 is 1.19 bits per heavy atom. The van der Waals surface area contributed by atoms with E-state index in [1.165, 1.54) is 4.88 Å². The van der Waals surface area contributed by atoms with Gasteiger partial charge in [-0.2, -0.15) is 0 Å². The number of carbonyl (C=O) groups excluding carboxylic acids is 1. The van der Waals surface area contributed by atoms with Crippen LogP contribution >= 0.6 is 11.3 Å². The lowest BCUT2D eigenvalue weighted by atomic mass is 10.1. The molecular weight excluding hydrogens is 346 g/mol. The Bertz CT molecular complexity index is 920. The molecule has 0 unspecified atom stereocenters. The Labute approximate surface area is 157 Å². The maximum atomic E-state index is 13.3. The quantitative estimate of drug-likeness (QED) is 0.724. The van der Waals surface area contributed by atoms with Gasteiger partial charge in [-0.15, -0.1) is 11.3 Å². The van der Waals surface area contributed by atoms with Gasteiger partial charge in [0.2, 0.25) is 0 Å². The van der Waals surface area contributed by atoms with Crippen LogP contribution in [0.3, 0.4) is 0 Å². The monoisotopic (exact) mass is 369 g/mol. The summed E-state index contributed by atoms with van der Waals surface area (Å²) in [4.78, 5) is 23.8. The molecule has 6 heteroatoms. The van der Waals surface area contributed by atoms with Crippen LogP contribution in [0.15, 0.2) is 42.5 Å². The van der Waals surface area contributed by atoms with Crippen molar-refractivity contribution in [1.29, 1.82) is 0 Å². The van der Waals surface area contributed by atoms with Gasteiger partial charge in [0.15, 0.2) is 0 Å². The zero-order valence-electron chi connectivity index (χ0n) is 15.3. The van der Waals surface area contributed by atoms with Crippen LogP contribution in [0, 0.1) is 6.92 Å². The molecule has 2 heterocycles. The van der Waals surface area contributed by atoms with Crippen LogP contribution in [0.25, 0.3) is 10.9 Å². The Morgan fingerprint density at radius 3 is 2.62 bits per heavy atom. The predicted octanol–water partition coefficient (Wildman–Crippen LogP) is 3.31. The predicted molar refractivity (Wildman–Crippen MR) is 107 cm³/mol. The van der Waals surface area contributed by atoms with Gasteiger partial charge >= 0.3 is 0 Å². The third-order valence-corrected chi connectivity index (χ3v) is 5.18. The number of rotatable bonds is 6. The largest absolute Gasteiger partial charge is 0.395 e. The van der Waals surface area contributed by atoms with Gasteiger partial charge in [0.25, 0.3) is 5.91 Å². The minimum atomic E-state index is -0.0909. The number of anilines is 1. The van der Waals surface area contributed by atoms with Crippen molar-refractivity contribution in [3.63, 3.8) is 0 Å². The Balaban J connectivity index is 2.02. The topological polar surface area (TPSA) is 56.7 Å². The highest BCUT2D eigenvalue weighted by Gasteiger charge is 2.20. The number of benzene rings is 1. The molecule has 0 saturated heterocycles. The number of aryl methyl sites for hydroxylation is 1. The van der Waals surface area contributed by atoms with E-state index in [-0.39, 0.29) is 12.5 Å². The molecule has 3 rings (SSSR count). The van der Waals surface area contributed by atoms with Crippen molar-refractivity contribution < 1.29 is 9.90 Å². The fraction of sp³-hybridized carbons (Fsp3) is 0.300. The summed E-state index contributed by atoms with van der Waals surface area (Å²) in [7, 11) is 3.82. The molecule has 0 atom stereocenters. The van der Waals surface area contributed by atoms with Crippen LogP contribution < -0.4 is 4.90 Å². The summed E-state index contributed by atoms with van der Waals surface area (Å²) >= 11 is 1.67. The van der Waals surface area contributed by atoms with Gasteiger partial charge in [-0.3, -0.25) is 4.79 Å². The lowest BCUT2D eigenvalue weighted by Gasteiger charge is -2.23. The zero-order chi connectivity index (χ0) is 18.7. The van der Waals surface area contributed by atoms with Gasteiger partial charge in [0.1, 0.15) is 5.82 Å². The van der Waals surface area contributed by atoms with Crippen LogP contribution in [0.2, 0.25) is 0 Å². The van der Waals surface area contributed by atoms with E-state index >= 15 is 0 Å². The van der Waals surface area contributed by atoms with E-state index in [1.807, 2.05) is 68.4 Å². The Kier molecular flexibility index (Phi) is 5.54. The minimum Gasteiger partial charge on any atom is -0.395 e. The number of amides is 1. The van der Waals surface area contributed by atoms with Gasteiger partial charge in [0, 0.05) is 35.8 Å². The number of hydrogen-bond donors (Lipinski definition) is 1. The van der Waals surface area contributed by atoms with E-state index in [9.17, 15) is 9.90 Å². The lowest BCUT2D eigenvalue weighted by molar-refractivity contribution is 0.0711. The molecule has 0 fully saturated rings. The van der Waals surface area contributed by atoms with Crippen LogP contribution in [-0.2, 0) is 6.54 Å². The number of hydrogen-bond acceptors (Lipinski definition) is 5. The highest BCUT2D eigenvalue weighted by Crippen LogP contribution is 2.25. The first kappa shape index (κ1) is 18.4. The van der Waals surface area contributed by atoms with E-state index in [2.05, 4.69) is 4.98 Å². The SMILES string of the molecule is Cc1ccc(CN(CCO)C(=O)c2cc(N(C)C)nc3ccccc23)s1. The van der Waals surface area contributed by atoms with E-state index in [0.29, 0.717) is 18.7 Å². The maximum Gasteiger partial charge on any atom is 0.255 e. The smallest absolute Gasteiger partial charge is 0.255 e. The molecule has 0 saturated carbocycles. The zero-order valence-corrected chi connectivity index (χ0v) is 16.1. The van der Waals surface area contributed by atoms with Gasteiger partial charge < -0.3 is 14.9 Å². The van der Waals surface area contributed by atoms with E-state index in [0.717, 1.165) is 21.6 Å². The highest BCUT2D eigenvalue weighted by atomic mass is 32.1. The third-order valence-electron chi connectivity index (χ3n) is 4.19. The summed E-state index contributed by atoms with van der Waals surface area (Å²) in [6, 6.07) is 13.6. The van der Waals surface area contributed by atoms with E-state index in [4.69, 9.17) is 0 Å². The summed E-state index contributed by atoms with van der Waals surface area (Å²) in [5.41, 5.74) is 1.40. The number of carbonyl (C=O) groups is 1. The highest BCUT2D eigenvalue weighted by molar-refractivity contribution is 7.11. The molecule has 2 aromatic heterocycles. The average molecular weight is 369 g/mol. The van der Waals surface area contributed by atoms with Gasteiger partial charge in [-0.25, -0.2) is 4.98 Å². The number of para-hydroxylation sites is 1. The number of nitrogens with zero attached hydrogens (tertiary/aromatic N) is 3. The Morgan fingerprint density at radius 2 is 1.96 bits per heavy atom. The minimum absolute atomic E-state index is 0.0698. The first-order valence-electron chi connectivity index (χ1n) is 8.52. The summed E-state index contributed by atoms with van der Waals surface area (Å²) < 4.78 is 0. The molecular formula is C20H23N3O2S. The fourth-order valence-corrected chi connectivity index (χ4v) is 3.78. The molecule has 0 aliphatic rings. The molecule has 0 spiro atoms. The molecule has 5 nitrogen and oxygen atoms in total. The van der Waals surface area contributed by atoms with Gasteiger partial charge in [0.05, 0.1) is 24.2 Å². The molecule has 0 bridgehead atoms. The maximum absolute atomic E-state index is 13.3. The van der Waals surface area contributed by atoms with Crippen molar-refractivity contribution >= 4 is 34.0 Å². The second-order valence-electron chi connectivity index (χ2n) is 6.40.